The van der Waals surface area contributed by atoms with E-state index in [-0.39, 0.29) is 12.2 Å². The van der Waals surface area contributed by atoms with Gasteiger partial charge < -0.3 is 10.0 Å². The third kappa shape index (κ3) is 4.62. The first-order valence-corrected chi connectivity index (χ1v) is 8.17. The minimum atomic E-state index is -0.915. The molecule has 2 rings (SSSR count). The molecule has 0 spiro atoms. The van der Waals surface area contributed by atoms with Gasteiger partial charge in [0.1, 0.15) is 6.04 Å². The molecule has 1 aromatic carbocycles. The monoisotopic (exact) mass is 318 g/mol. The molecule has 1 aromatic rings. The van der Waals surface area contributed by atoms with Crippen molar-refractivity contribution in [1.29, 1.82) is 0 Å². The SMILES string of the molecule is CC(C)c1ccc(C(=O)C[C@@H](C(=O)O)N2CCN(C)CC2)cc1. The number of nitrogens with zero attached hydrogens (tertiary/aromatic N) is 2. The maximum Gasteiger partial charge on any atom is 0.321 e. The second-order valence-electron chi connectivity index (χ2n) is 6.60. The summed E-state index contributed by atoms with van der Waals surface area (Å²) in [4.78, 5) is 28.1. The molecule has 23 heavy (non-hydrogen) atoms. The molecule has 0 bridgehead atoms. The van der Waals surface area contributed by atoms with Gasteiger partial charge in [-0.05, 0) is 18.5 Å². The molecule has 1 heterocycles. The van der Waals surface area contributed by atoms with Crippen LogP contribution in [0.4, 0.5) is 0 Å². The Kier molecular flexibility index (Phi) is 5.91. The van der Waals surface area contributed by atoms with Crippen LogP contribution in [0.15, 0.2) is 24.3 Å². The number of carboxylic acids is 1. The van der Waals surface area contributed by atoms with Crippen molar-refractivity contribution in [3.05, 3.63) is 35.4 Å². The number of likely N-dealkylation sites (N-methyl/N-ethyl adjacent to an activating group) is 1. The van der Waals surface area contributed by atoms with Crippen molar-refractivity contribution in [3.8, 4) is 0 Å². The van der Waals surface area contributed by atoms with Crippen LogP contribution in [0.25, 0.3) is 0 Å². The molecule has 0 aliphatic carbocycles. The predicted octanol–water partition coefficient (Wildman–Crippen LogP) is 2.08. The maximum atomic E-state index is 12.4. The average molecular weight is 318 g/mol. The lowest BCUT2D eigenvalue weighted by Crippen LogP contribution is -2.52. The molecule has 0 radical (unpaired) electrons. The number of rotatable bonds is 6. The van der Waals surface area contributed by atoms with Gasteiger partial charge in [0.05, 0.1) is 0 Å². The number of ketones is 1. The summed E-state index contributed by atoms with van der Waals surface area (Å²) in [5, 5.41) is 9.50. The van der Waals surface area contributed by atoms with Crippen LogP contribution in [-0.2, 0) is 4.79 Å². The smallest absolute Gasteiger partial charge is 0.321 e. The number of benzene rings is 1. The first kappa shape index (κ1) is 17.6. The zero-order valence-corrected chi connectivity index (χ0v) is 14.2. The summed E-state index contributed by atoms with van der Waals surface area (Å²) in [6.45, 7) is 7.25. The molecule has 1 N–H and O–H groups in total. The van der Waals surface area contributed by atoms with Crippen molar-refractivity contribution in [2.24, 2.45) is 0 Å². The zero-order chi connectivity index (χ0) is 17.0. The molecule has 1 saturated heterocycles. The Morgan fingerprint density at radius 3 is 2.13 bits per heavy atom. The van der Waals surface area contributed by atoms with E-state index in [2.05, 4.69) is 18.7 Å². The van der Waals surface area contributed by atoms with Crippen molar-refractivity contribution in [3.63, 3.8) is 0 Å². The summed E-state index contributed by atoms with van der Waals surface area (Å²) >= 11 is 0. The fourth-order valence-electron chi connectivity index (χ4n) is 2.85. The molecule has 0 aromatic heterocycles. The molecular weight excluding hydrogens is 292 g/mol. The van der Waals surface area contributed by atoms with Gasteiger partial charge in [-0.25, -0.2) is 0 Å². The number of carbonyl (C=O) groups is 2. The Hall–Kier alpha value is -1.72. The van der Waals surface area contributed by atoms with Gasteiger partial charge in [0.15, 0.2) is 5.78 Å². The molecular formula is C18H26N2O3. The Morgan fingerprint density at radius 1 is 1.09 bits per heavy atom. The van der Waals surface area contributed by atoms with Crippen molar-refractivity contribution in [2.45, 2.75) is 32.2 Å². The Bertz CT molecular complexity index is 546. The van der Waals surface area contributed by atoms with Gasteiger partial charge in [0.25, 0.3) is 0 Å². The van der Waals surface area contributed by atoms with Crippen LogP contribution < -0.4 is 0 Å². The van der Waals surface area contributed by atoms with Gasteiger partial charge in [-0.1, -0.05) is 38.1 Å². The Balaban J connectivity index is 2.04. The van der Waals surface area contributed by atoms with Gasteiger partial charge >= 0.3 is 5.97 Å². The quantitative estimate of drug-likeness (QED) is 0.814. The maximum absolute atomic E-state index is 12.4. The number of hydrogen-bond donors (Lipinski definition) is 1. The lowest BCUT2D eigenvalue weighted by Gasteiger charge is -2.35. The van der Waals surface area contributed by atoms with Crippen LogP contribution in [0.5, 0.6) is 0 Å². The molecule has 1 atom stereocenters. The molecule has 1 aliphatic rings. The number of Topliss-reactive ketones (excluding diaryl/α,β-unsaturated/α-hetero) is 1. The fourth-order valence-corrected chi connectivity index (χ4v) is 2.85. The number of aliphatic carboxylic acids is 1. The summed E-state index contributed by atoms with van der Waals surface area (Å²) in [5.74, 6) is -0.607. The van der Waals surface area contributed by atoms with E-state index in [1.807, 2.05) is 24.1 Å². The topological polar surface area (TPSA) is 60.9 Å². The van der Waals surface area contributed by atoms with Crippen LogP contribution in [-0.4, -0.2) is 65.9 Å². The third-order valence-corrected chi connectivity index (χ3v) is 4.54. The molecule has 5 heteroatoms. The lowest BCUT2D eigenvalue weighted by atomic mass is 9.97. The summed E-state index contributed by atoms with van der Waals surface area (Å²) < 4.78 is 0. The van der Waals surface area contributed by atoms with Crippen LogP contribution in [0, 0.1) is 0 Å². The molecule has 0 amide bonds. The fraction of sp³-hybridized carbons (Fsp3) is 0.556. The van der Waals surface area contributed by atoms with E-state index in [9.17, 15) is 14.7 Å². The standard InChI is InChI=1S/C18H26N2O3/c1-13(2)14-4-6-15(7-5-14)17(21)12-16(18(22)23)20-10-8-19(3)9-11-20/h4-7,13,16H,8-12H2,1-3H3,(H,22,23)/t16-/m0/s1. The minimum Gasteiger partial charge on any atom is -0.480 e. The van der Waals surface area contributed by atoms with Crippen LogP contribution in [0.1, 0.15) is 42.1 Å². The van der Waals surface area contributed by atoms with Crippen LogP contribution >= 0.6 is 0 Å². The van der Waals surface area contributed by atoms with E-state index in [1.54, 1.807) is 12.1 Å². The largest absolute Gasteiger partial charge is 0.480 e. The van der Waals surface area contributed by atoms with E-state index in [4.69, 9.17) is 0 Å². The van der Waals surface area contributed by atoms with Gasteiger partial charge in [0, 0.05) is 38.2 Å². The molecule has 0 unspecified atom stereocenters. The highest BCUT2D eigenvalue weighted by Crippen LogP contribution is 2.17. The van der Waals surface area contributed by atoms with Crippen molar-refractivity contribution < 1.29 is 14.7 Å². The lowest BCUT2D eigenvalue weighted by molar-refractivity contribution is -0.143. The highest BCUT2D eigenvalue weighted by atomic mass is 16.4. The van der Waals surface area contributed by atoms with E-state index in [0.29, 0.717) is 24.6 Å². The predicted molar refractivity (Wildman–Crippen MR) is 90.0 cm³/mol. The van der Waals surface area contributed by atoms with Crippen LogP contribution in [0.3, 0.4) is 0 Å². The molecule has 126 valence electrons. The van der Waals surface area contributed by atoms with Gasteiger partial charge in [-0.2, -0.15) is 0 Å². The number of piperazine rings is 1. The molecule has 5 nitrogen and oxygen atoms in total. The van der Waals surface area contributed by atoms with Crippen LogP contribution in [0.2, 0.25) is 0 Å². The average Bonchev–Trinajstić information content (AvgIpc) is 2.53. The summed E-state index contributed by atoms with van der Waals surface area (Å²) in [7, 11) is 2.02. The van der Waals surface area contributed by atoms with Gasteiger partial charge in [-0.3, -0.25) is 14.5 Å². The third-order valence-electron chi connectivity index (χ3n) is 4.54. The van der Waals surface area contributed by atoms with Gasteiger partial charge in [0.2, 0.25) is 0 Å². The first-order chi connectivity index (χ1) is 10.9. The van der Waals surface area contributed by atoms with E-state index >= 15 is 0 Å². The second kappa shape index (κ2) is 7.70. The second-order valence-corrected chi connectivity index (χ2v) is 6.60. The summed E-state index contributed by atoms with van der Waals surface area (Å²) in [6.07, 6.45) is 0.0279. The number of carbonyl (C=O) groups excluding carboxylic acids is 1. The molecule has 1 aliphatic heterocycles. The molecule has 1 fully saturated rings. The first-order valence-electron chi connectivity index (χ1n) is 8.17. The van der Waals surface area contributed by atoms with E-state index in [1.165, 1.54) is 5.56 Å². The zero-order valence-electron chi connectivity index (χ0n) is 14.2. The number of carboxylic acid groups (broad SMARTS) is 1. The van der Waals surface area contributed by atoms with Gasteiger partial charge in [-0.15, -0.1) is 0 Å². The van der Waals surface area contributed by atoms with E-state index in [0.717, 1.165) is 13.1 Å². The summed E-state index contributed by atoms with van der Waals surface area (Å²) in [5.41, 5.74) is 1.77. The highest BCUT2D eigenvalue weighted by molar-refractivity contribution is 5.98. The van der Waals surface area contributed by atoms with Crippen molar-refractivity contribution in [1.82, 2.24) is 9.80 Å². The normalized spacial score (nSPS) is 18.1. The van der Waals surface area contributed by atoms with Crippen molar-refractivity contribution >= 4 is 11.8 Å². The summed E-state index contributed by atoms with van der Waals surface area (Å²) in [6, 6.07) is 6.77. The van der Waals surface area contributed by atoms with Crippen molar-refractivity contribution in [2.75, 3.05) is 33.2 Å². The number of hydrogen-bond acceptors (Lipinski definition) is 4. The molecule has 0 saturated carbocycles. The highest BCUT2D eigenvalue weighted by Gasteiger charge is 2.30. The van der Waals surface area contributed by atoms with E-state index < -0.39 is 12.0 Å². The Labute approximate surface area is 137 Å². The Morgan fingerprint density at radius 2 is 1.65 bits per heavy atom. The minimum absolute atomic E-state index is 0.0279.